The van der Waals surface area contributed by atoms with E-state index in [0.29, 0.717) is 11.1 Å². The second-order valence-electron chi connectivity index (χ2n) is 3.94. The number of esters is 1. The standard InChI is InChI=1S/C15H11FO3S/c1-19-15(18)13(14(17)11-6-7-20-9-11)8-10-2-4-12(16)5-3-10/h2-9H,1H3/b13-8-. The number of benzene rings is 1. The van der Waals surface area contributed by atoms with Crippen LogP contribution >= 0.6 is 11.3 Å². The van der Waals surface area contributed by atoms with Gasteiger partial charge >= 0.3 is 5.97 Å². The molecule has 1 aromatic heterocycles. The number of Topliss-reactive ketones (excluding diaryl/α,β-unsaturated/α-hetero) is 1. The third-order valence-corrected chi connectivity index (χ3v) is 3.30. The molecule has 0 aliphatic carbocycles. The molecule has 0 saturated heterocycles. The Morgan fingerprint density at radius 1 is 1.20 bits per heavy atom. The first-order valence-corrected chi connectivity index (χ1v) is 6.68. The second kappa shape index (κ2) is 6.25. The van der Waals surface area contributed by atoms with Crippen LogP contribution in [0.2, 0.25) is 0 Å². The molecule has 0 amide bonds. The molecule has 102 valence electrons. The fraction of sp³-hybridized carbons (Fsp3) is 0.0667. The summed E-state index contributed by atoms with van der Waals surface area (Å²) in [6.07, 6.45) is 1.39. The molecule has 0 saturated carbocycles. The van der Waals surface area contributed by atoms with Crippen LogP contribution in [0, 0.1) is 5.82 Å². The van der Waals surface area contributed by atoms with Gasteiger partial charge < -0.3 is 4.74 Å². The highest BCUT2D eigenvalue weighted by Crippen LogP contribution is 2.16. The Labute approximate surface area is 119 Å². The monoisotopic (exact) mass is 290 g/mol. The quantitative estimate of drug-likeness (QED) is 0.285. The van der Waals surface area contributed by atoms with E-state index in [1.54, 1.807) is 16.8 Å². The number of thiophene rings is 1. The van der Waals surface area contributed by atoms with Gasteiger partial charge in [0.05, 0.1) is 7.11 Å². The van der Waals surface area contributed by atoms with Gasteiger partial charge in [-0.3, -0.25) is 4.79 Å². The van der Waals surface area contributed by atoms with Gasteiger partial charge in [-0.1, -0.05) is 12.1 Å². The molecule has 0 fully saturated rings. The Kier molecular flexibility index (Phi) is 4.42. The van der Waals surface area contributed by atoms with Crippen molar-refractivity contribution in [3.05, 3.63) is 63.6 Å². The topological polar surface area (TPSA) is 43.4 Å². The first kappa shape index (κ1) is 14.1. The Morgan fingerprint density at radius 2 is 1.90 bits per heavy atom. The van der Waals surface area contributed by atoms with E-state index >= 15 is 0 Å². The number of ketones is 1. The number of halogens is 1. The lowest BCUT2D eigenvalue weighted by Crippen LogP contribution is -2.14. The van der Waals surface area contributed by atoms with Crippen LogP contribution in [0.25, 0.3) is 6.08 Å². The summed E-state index contributed by atoms with van der Waals surface area (Å²) in [5.74, 6) is -1.51. The van der Waals surface area contributed by atoms with Crippen molar-refractivity contribution in [1.29, 1.82) is 0 Å². The van der Waals surface area contributed by atoms with E-state index < -0.39 is 11.8 Å². The number of hydrogen-bond acceptors (Lipinski definition) is 4. The lowest BCUT2D eigenvalue weighted by atomic mass is 10.0. The molecule has 3 nitrogen and oxygen atoms in total. The lowest BCUT2D eigenvalue weighted by Gasteiger charge is -2.04. The van der Waals surface area contributed by atoms with Crippen LogP contribution in [0.3, 0.4) is 0 Å². The maximum absolute atomic E-state index is 12.9. The smallest absolute Gasteiger partial charge is 0.341 e. The van der Waals surface area contributed by atoms with E-state index in [1.165, 1.54) is 48.8 Å². The van der Waals surface area contributed by atoms with E-state index in [4.69, 9.17) is 0 Å². The highest BCUT2D eigenvalue weighted by Gasteiger charge is 2.20. The molecule has 0 unspecified atom stereocenters. The summed E-state index contributed by atoms with van der Waals surface area (Å²) in [7, 11) is 1.21. The Balaban J connectivity index is 2.40. The number of ether oxygens (including phenoxy) is 1. The minimum absolute atomic E-state index is 0.0856. The molecule has 2 rings (SSSR count). The normalized spacial score (nSPS) is 11.2. The summed E-state index contributed by atoms with van der Waals surface area (Å²) in [6, 6.07) is 7.12. The number of carbonyl (C=O) groups is 2. The summed E-state index contributed by atoms with van der Waals surface area (Å²) in [6.45, 7) is 0. The van der Waals surface area contributed by atoms with Crippen molar-refractivity contribution in [1.82, 2.24) is 0 Å². The molecule has 0 spiro atoms. The van der Waals surface area contributed by atoms with E-state index in [2.05, 4.69) is 4.74 Å². The van der Waals surface area contributed by atoms with Gasteiger partial charge in [-0.15, -0.1) is 0 Å². The molecule has 0 aliphatic rings. The van der Waals surface area contributed by atoms with Crippen molar-refractivity contribution in [3.63, 3.8) is 0 Å². The van der Waals surface area contributed by atoms with Crippen LogP contribution in [-0.2, 0) is 9.53 Å². The van der Waals surface area contributed by atoms with Gasteiger partial charge in [0, 0.05) is 10.9 Å². The van der Waals surface area contributed by atoms with Crippen LogP contribution in [-0.4, -0.2) is 18.9 Å². The highest BCUT2D eigenvalue weighted by molar-refractivity contribution is 7.08. The molecular weight excluding hydrogens is 279 g/mol. The second-order valence-corrected chi connectivity index (χ2v) is 4.72. The minimum Gasteiger partial charge on any atom is -0.465 e. The zero-order valence-corrected chi connectivity index (χ0v) is 11.4. The lowest BCUT2D eigenvalue weighted by molar-refractivity contribution is -0.135. The average Bonchev–Trinajstić information content (AvgIpc) is 2.99. The minimum atomic E-state index is -0.717. The van der Waals surface area contributed by atoms with Gasteiger partial charge in [-0.05, 0) is 35.2 Å². The molecule has 1 heterocycles. The molecule has 1 aromatic carbocycles. The molecular formula is C15H11FO3S. The molecule has 0 bridgehead atoms. The Morgan fingerprint density at radius 3 is 2.45 bits per heavy atom. The average molecular weight is 290 g/mol. The maximum atomic E-state index is 12.9. The van der Waals surface area contributed by atoms with E-state index in [1.807, 2.05) is 0 Å². The molecule has 0 N–H and O–H groups in total. The maximum Gasteiger partial charge on any atom is 0.341 e. The zero-order chi connectivity index (χ0) is 14.5. The van der Waals surface area contributed by atoms with E-state index in [-0.39, 0.29) is 11.4 Å². The van der Waals surface area contributed by atoms with Crippen molar-refractivity contribution in [2.75, 3.05) is 7.11 Å². The zero-order valence-electron chi connectivity index (χ0n) is 10.6. The number of rotatable bonds is 4. The Hall–Kier alpha value is -2.27. The SMILES string of the molecule is COC(=O)/C(=C\c1ccc(F)cc1)C(=O)c1ccsc1. The van der Waals surface area contributed by atoms with Crippen molar-refractivity contribution >= 4 is 29.2 Å². The van der Waals surface area contributed by atoms with Crippen LogP contribution < -0.4 is 0 Å². The number of carbonyl (C=O) groups excluding carboxylic acids is 2. The van der Waals surface area contributed by atoms with Gasteiger partial charge in [-0.2, -0.15) is 11.3 Å². The third kappa shape index (κ3) is 3.19. The molecule has 0 aliphatic heterocycles. The van der Waals surface area contributed by atoms with E-state index in [9.17, 15) is 14.0 Å². The summed E-state index contributed by atoms with van der Waals surface area (Å²) >= 11 is 1.36. The third-order valence-electron chi connectivity index (χ3n) is 2.61. The van der Waals surface area contributed by atoms with E-state index in [0.717, 1.165) is 0 Å². The molecule has 0 atom stereocenters. The van der Waals surface area contributed by atoms with Crippen molar-refractivity contribution in [2.45, 2.75) is 0 Å². The molecule has 0 radical (unpaired) electrons. The van der Waals surface area contributed by atoms with Gasteiger partial charge in [-0.25, -0.2) is 9.18 Å². The summed E-state index contributed by atoms with van der Waals surface area (Å²) in [5, 5.41) is 3.41. The molecule has 2 aromatic rings. The highest BCUT2D eigenvalue weighted by atomic mass is 32.1. The first-order chi connectivity index (χ1) is 9.61. The van der Waals surface area contributed by atoms with Crippen LogP contribution in [0.15, 0.2) is 46.7 Å². The molecule has 20 heavy (non-hydrogen) atoms. The summed E-state index contributed by atoms with van der Waals surface area (Å²) < 4.78 is 17.5. The first-order valence-electron chi connectivity index (χ1n) is 5.74. The largest absolute Gasteiger partial charge is 0.465 e. The van der Waals surface area contributed by atoms with Gasteiger partial charge in [0.1, 0.15) is 11.4 Å². The summed E-state index contributed by atoms with van der Waals surface area (Å²) in [4.78, 5) is 24.0. The predicted octanol–water partition coefficient (Wildman–Crippen LogP) is 3.33. The Bertz CT molecular complexity index is 642. The van der Waals surface area contributed by atoms with Gasteiger partial charge in [0.15, 0.2) is 0 Å². The number of methoxy groups -OCH3 is 1. The van der Waals surface area contributed by atoms with Gasteiger partial charge in [0.2, 0.25) is 5.78 Å². The van der Waals surface area contributed by atoms with Crippen LogP contribution in [0.1, 0.15) is 15.9 Å². The fourth-order valence-electron chi connectivity index (χ4n) is 1.60. The summed E-state index contributed by atoms with van der Waals surface area (Å²) in [5.41, 5.74) is 0.890. The predicted molar refractivity (Wildman–Crippen MR) is 75.0 cm³/mol. The number of hydrogen-bond donors (Lipinski definition) is 0. The van der Waals surface area contributed by atoms with Crippen molar-refractivity contribution in [2.24, 2.45) is 0 Å². The molecule has 5 heteroatoms. The van der Waals surface area contributed by atoms with Crippen LogP contribution in [0.5, 0.6) is 0 Å². The van der Waals surface area contributed by atoms with Crippen molar-refractivity contribution in [3.8, 4) is 0 Å². The van der Waals surface area contributed by atoms with Gasteiger partial charge in [0.25, 0.3) is 0 Å². The fourth-order valence-corrected chi connectivity index (χ4v) is 2.24. The van der Waals surface area contributed by atoms with Crippen molar-refractivity contribution < 1.29 is 18.7 Å². The van der Waals surface area contributed by atoms with Crippen LogP contribution in [0.4, 0.5) is 4.39 Å².